The van der Waals surface area contributed by atoms with E-state index in [1.165, 1.54) is 11.3 Å². The van der Waals surface area contributed by atoms with E-state index in [-0.39, 0.29) is 6.10 Å². The third-order valence-electron chi connectivity index (χ3n) is 2.80. The summed E-state index contributed by atoms with van der Waals surface area (Å²) in [5.74, 6) is -0.883. The third-order valence-corrected chi connectivity index (χ3v) is 5.01. The second kappa shape index (κ2) is 4.49. The predicted molar refractivity (Wildman–Crippen MR) is 72.1 cm³/mol. The largest absolute Gasteiger partial charge is 0.477 e. The number of morpholine rings is 1. The van der Waals surface area contributed by atoms with Gasteiger partial charge in [0.15, 0.2) is 5.13 Å². The van der Waals surface area contributed by atoms with Crippen LogP contribution >= 0.6 is 22.7 Å². The second-order valence-corrected chi connectivity index (χ2v) is 6.25. The van der Waals surface area contributed by atoms with Gasteiger partial charge < -0.3 is 14.7 Å². The van der Waals surface area contributed by atoms with Crippen LogP contribution in [0.1, 0.15) is 16.6 Å². The molecule has 0 bridgehead atoms. The maximum absolute atomic E-state index is 10.9. The van der Waals surface area contributed by atoms with Crippen molar-refractivity contribution in [2.45, 2.75) is 13.0 Å². The number of hydrogen-bond acceptors (Lipinski definition) is 6. The lowest BCUT2D eigenvalue weighted by molar-refractivity contribution is 0.0532. The molecule has 5 nitrogen and oxygen atoms in total. The van der Waals surface area contributed by atoms with Crippen LogP contribution in [0, 0.1) is 0 Å². The zero-order valence-corrected chi connectivity index (χ0v) is 11.4. The van der Waals surface area contributed by atoms with Crippen molar-refractivity contribution in [1.82, 2.24) is 4.98 Å². The molecule has 3 heterocycles. The van der Waals surface area contributed by atoms with Crippen molar-refractivity contribution >= 4 is 43.3 Å². The first-order valence-corrected chi connectivity index (χ1v) is 7.27. The fourth-order valence-electron chi connectivity index (χ4n) is 1.96. The quantitative estimate of drug-likeness (QED) is 0.916. The number of thiazole rings is 1. The van der Waals surface area contributed by atoms with E-state index in [9.17, 15) is 4.79 Å². The fraction of sp³-hybridized carbons (Fsp3) is 0.455. The predicted octanol–water partition coefficient (Wildman–Crippen LogP) is 2.28. The van der Waals surface area contributed by atoms with E-state index in [1.807, 2.05) is 6.92 Å². The molecule has 2 aromatic heterocycles. The van der Waals surface area contributed by atoms with Gasteiger partial charge in [0.05, 0.1) is 17.4 Å². The topological polar surface area (TPSA) is 62.7 Å². The summed E-state index contributed by atoms with van der Waals surface area (Å²) in [6.45, 7) is 4.45. The van der Waals surface area contributed by atoms with Gasteiger partial charge in [0.2, 0.25) is 0 Å². The molecule has 96 valence electrons. The van der Waals surface area contributed by atoms with Crippen LogP contribution in [0.15, 0.2) is 6.07 Å². The highest BCUT2D eigenvalue weighted by Crippen LogP contribution is 2.35. The van der Waals surface area contributed by atoms with Crippen LogP contribution in [0.25, 0.3) is 9.53 Å². The van der Waals surface area contributed by atoms with E-state index in [4.69, 9.17) is 9.84 Å². The van der Waals surface area contributed by atoms with Gasteiger partial charge in [-0.1, -0.05) is 11.3 Å². The Bertz CT molecular complexity index is 561. The molecule has 1 atom stereocenters. The van der Waals surface area contributed by atoms with Crippen molar-refractivity contribution < 1.29 is 14.6 Å². The summed E-state index contributed by atoms with van der Waals surface area (Å²) in [5, 5.41) is 9.88. The SMILES string of the molecule is C[C@@H]1CN(c2nc3sc(C(=O)O)cc3s2)CCO1. The van der Waals surface area contributed by atoms with Crippen molar-refractivity contribution in [3.63, 3.8) is 0 Å². The Labute approximate surface area is 112 Å². The molecule has 0 aliphatic carbocycles. The molecule has 1 fully saturated rings. The summed E-state index contributed by atoms with van der Waals surface area (Å²) in [5.41, 5.74) is 0. The van der Waals surface area contributed by atoms with Crippen LogP contribution in [0.4, 0.5) is 5.13 Å². The van der Waals surface area contributed by atoms with Gasteiger partial charge in [-0.3, -0.25) is 0 Å². The van der Waals surface area contributed by atoms with Crippen LogP contribution in [0.5, 0.6) is 0 Å². The maximum Gasteiger partial charge on any atom is 0.345 e. The van der Waals surface area contributed by atoms with Gasteiger partial charge in [-0.25, -0.2) is 9.78 Å². The number of aromatic carboxylic acids is 1. The lowest BCUT2D eigenvalue weighted by Gasteiger charge is -2.30. The van der Waals surface area contributed by atoms with Crippen LogP contribution in [0.3, 0.4) is 0 Å². The molecule has 0 amide bonds. The highest BCUT2D eigenvalue weighted by molar-refractivity contribution is 7.29. The molecular formula is C11H12N2O3S2. The molecule has 18 heavy (non-hydrogen) atoms. The van der Waals surface area contributed by atoms with Gasteiger partial charge >= 0.3 is 5.97 Å². The number of anilines is 1. The van der Waals surface area contributed by atoms with Crippen LogP contribution in [0.2, 0.25) is 0 Å². The molecule has 2 aromatic rings. The van der Waals surface area contributed by atoms with Gasteiger partial charge in [-0.05, 0) is 13.0 Å². The highest BCUT2D eigenvalue weighted by Gasteiger charge is 2.21. The molecule has 0 spiro atoms. The maximum atomic E-state index is 10.9. The summed E-state index contributed by atoms with van der Waals surface area (Å²) in [6.07, 6.45) is 0.218. The molecule has 1 saturated heterocycles. The van der Waals surface area contributed by atoms with Crippen molar-refractivity contribution in [3.8, 4) is 0 Å². The number of carboxylic acid groups (broad SMARTS) is 1. The lowest BCUT2D eigenvalue weighted by Crippen LogP contribution is -2.41. The van der Waals surface area contributed by atoms with E-state index in [0.717, 1.165) is 34.4 Å². The first-order valence-electron chi connectivity index (χ1n) is 5.63. The molecule has 3 rings (SSSR count). The molecule has 0 unspecified atom stereocenters. The van der Waals surface area contributed by atoms with Crippen molar-refractivity contribution in [2.75, 3.05) is 24.6 Å². The monoisotopic (exact) mass is 284 g/mol. The number of nitrogens with zero attached hydrogens (tertiary/aromatic N) is 2. The van der Waals surface area contributed by atoms with Crippen LogP contribution < -0.4 is 4.90 Å². The van der Waals surface area contributed by atoms with Gasteiger partial charge in [0.25, 0.3) is 0 Å². The highest BCUT2D eigenvalue weighted by atomic mass is 32.1. The fourth-order valence-corrected chi connectivity index (χ4v) is 4.04. The number of ether oxygens (including phenoxy) is 1. The van der Waals surface area contributed by atoms with Gasteiger partial charge in [-0.15, -0.1) is 11.3 Å². The standard InChI is InChI=1S/C11H12N2O3S2/c1-6-5-13(2-3-16-6)11-12-9-7(18-11)4-8(17-9)10(14)15/h4,6H,2-3,5H2,1H3,(H,14,15)/t6-/m1/s1. The summed E-state index contributed by atoms with van der Waals surface area (Å²) >= 11 is 2.78. The molecule has 0 saturated carbocycles. The number of carboxylic acids is 1. The molecule has 1 aliphatic rings. The van der Waals surface area contributed by atoms with E-state index in [0.29, 0.717) is 4.88 Å². The van der Waals surface area contributed by atoms with Gasteiger partial charge in [0, 0.05) is 13.1 Å². The molecule has 0 radical (unpaired) electrons. The number of fused-ring (bicyclic) bond motifs is 1. The zero-order valence-electron chi connectivity index (χ0n) is 9.75. The second-order valence-electron chi connectivity index (χ2n) is 4.21. The Kier molecular flexibility index (Phi) is 2.96. The summed E-state index contributed by atoms with van der Waals surface area (Å²) in [4.78, 5) is 18.7. The summed E-state index contributed by atoms with van der Waals surface area (Å²) < 4.78 is 6.45. The number of thiophene rings is 1. The molecular weight excluding hydrogens is 272 g/mol. The Morgan fingerprint density at radius 1 is 1.61 bits per heavy atom. The van der Waals surface area contributed by atoms with Gasteiger partial charge in [-0.2, -0.15) is 0 Å². The minimum atomic E-state index is -0.883. The Balaban J connectivity index is 1.89. The zero-order chi connectivity index (χ0) is 12.7. The molecule has 7 heteroatoms. The third kappa shape index (κ3) is 2.09. The number of carbonyl (C=O) groups is 1. The van der Waals surface area contributed by atoms with E-state index < -0.39 is 5.97 Å². The first-order chi connectivity index (χ1) is 8.63. The average molecular weight is 284 g/mol. The summed E-state index contributed by atoms with van der Waals surface area (Å²) in [6, 6.07) is 1.70. The summed E-state index contributed by atoms with van der Waals surface area (Å²) in [7, 11) is 0. The molecule has 0 aromatic carbocycles. The van der Waals surface area contributed by atoms with E-state index in [1.54, 1.807) is 17.4 Å². The molecule has 1 aliphatic heterocycles. The van der Waals surface area contributed by atoms with Crippen molar-refractivity contribution in [3.05, 3.63) is 10.9 Å². The van der Waals surface area contributed by atoms with Crippen LogP contribution in [-0.4, -0.2) is 41.9 Å². The minimum Gasteiger partial charge on any atom is -0.477 e. The number of rotatable bonds is 2. The van der Waals surface area contributed by atoms with Crippen molar-refractivity contribution in [1.29, 1.82) is 0 Å². The Morgan fingerprint density at radius 3 is 3.11 bits per heavy atom. The Morgan fingerprint density at radius 2 is 2.44 bits per heavy atom. The normalized spacial score (nSPS) is 20.5. The van der Waals surface area contributed by atoms with E-state index in [2.05, 4.69) is 9.88 Å². The first kappa shape index (κ1) is 11.9. The smallest absolute Gasteiger partial charge is 0.345 e. The molecule has 1 N–H and O–H groups in total. The Hall–Kier alpha value is -1.18. The van der Waals surface area contributed by atoms with Crippen molar-refractivity contribution in [2.24, 2.45) is 0 Å². The van der Waals surface area contributed by atoms with Gasteiger partial charge in [0.1, 0.15) is 9.71 Å². The minimum absolute atomic E-state index is 0.218. The average Bonchev–Trinajstić information content (AvgIpc) is 2.86. The number of hydrogen-bond donors (Lipinski definition) is 1. The van der Waals surface area contributed by atoms with E-state index >= 15 is 0 Å². The van der Waals surface area contributed by atoms with Crippen LogP contribution in [-0.2, 0) is 4.74 Å². The number of aromatic nitrogens is 1. The lowest BCUT2D eigenvalue weighted by atomic mass is 10.3.